The maximum atomic E-state index is 13.4. The Hall–Kier alpha value is -1.14. The van der Waals surface area contributed by atoms with E-state index in [9.17, 15) is 12.8 Å². The Morgan fingerprint density at radius 2 is 1.80 bits per heavy atom. The van der Waals surface area contributed by atoms with Gasteiger partial charge in [-0.25, -0.2) is 12.8 Å². The molecule has 0 saturated carbocycles. The molecule has 2 N–H and O–H groups in total. The van der Waals surface area contributed by atoms with Crippen molar-refractivity contribution in [1.29, 1.82) is 0 Å². The van der Waals surface area contributed by atoms with Crippen LogP contribution in [0.5, 0.6) is 0 Å². The molecule has 1 atom stereocenters. The lowest BCUT2D eigenvalue weighted by molar-refractivity contribution is 0.216. The van der Waals surface area contributed by atoms with Crippen LogP contribution < -0.4 is 5.73 Å². The molecule has 0 aromatic heterocycles. The molecule has 1 aromatic carbocycles. The van der Waals surface area contributed by atoms with E-state index in [2.05, 4.69) is 0 Å². The van der Waals surface area contributed by atoms with Crippen molar-refractivity contribution in [3.63, 3.8) is 0 Å². The minimum atomic E-state index is -3.70. The van der Waals surface area contributed by atoms with Crippen LogP contribution in [0.1, 0.15) is 33.3 Å². The van der Waals surface area contributed by atoms with Gasteiger partial charge in [-0.1, -0.05) is 20.8 Å². The molecule has 1 rings (SSSR count). The molecule has 0 fully saturated rings. The first-order chi connectivity index (χ1) is 8.89. The van der Waals surface area contributed by atoms with E-state index in [1.165, 1.54) is 17.4 Å². The number of anilines is 1. The smallest absolute Gasteiger partial charge is 0.243 e. The summed E-state index contributed by atoms with van der Waals surface area (Å²) in [4.78, 5) is 0.0509. The predicted molar refractivity (Wildman–Crippen MR) is 79.4 cm³/mol. The van der Waals surface area contributed by atoms with Crippen LogP contribution in [0.15, 0.2) is 17.0 Å². The third kappa shape index (κ3) is 3.12. The van der Waals surface area contributed by atoms with Crippen molar-refractivity contribution in [1.82, 2.24) is 4.31 Å². The first-order valence-electron chi connectivity index (χ1n) is 6.42. The van der Waals surface area contributed by atoms with Gasteiger partial charge < -0.3 is 5.73 Å². The Morgan fingerprint density at radius 3 is 2.25 bits per heavy atom. The van der Waals surface area contributed by atoms with Crippen molar-refractivity contribution >= 4 is 15.7 Å². The number of aryl methyl sites for hydroxylation is 1. The van der Waals surface area contributed by atoms with Gasteiger partial charge in [-0.2, -0.15) is 4.31 Å². The highest BCUT2D eigenvalue weighted by Crippen LogP contribution is 2.30. The minimum absolute atomic E-state index is 0.0509. The van der Waals surface area contributed by atoms with E-state index in [-0.39, 0.29) is 22.0 Å². The van der Waals surface area contributed by atoms with Gasteiger partial charge in [0.1, 0.15) is 5.82 Å². The van der Waals surface area contributed by atoms with Crippen molar-refractivity contribution in [2.45, 2.75) is 45.6 Å². The molecule has 4 nitrogen and oxygen atoms in total. The van der Waals surface area contributed by atoms with Gasteiger partial charge >= 0.3 is 0 Å². The number of nitrogen functional groups attached to an aromatic ring is 1. The van der Waals surface area contributed by atoms with Crippen molar-refractivity contribution in [2.75, 3.05) is 12.8 Å². The molecule has 1 aromatic rings. The summed E-state index contributed by atoms with van der Waals surface area (Å²) >= 11 is 0. The topological polar surface area (TPSA) is 63.4 Å². The van der Waals surface area contributed by atoms with Crippen LogP contribution >= 0.6 is 0 Å². The predicted octanol–water partition coefficient (Wildman–Crippen LogP) is 2.77. The highest BCUT2D eigenvalue weighted by Gasteiger charge is 2.33. The van der Waals surface area contributed by atoms with Crippen LogP contribution in [0.2, 0.25) is 0 Å². The maximum Gasteiger partial charge on any atom is 0.243 e. The number of nitrogens with two attached hydrogens (primary N) is 1. The second-order valence-corrected chi connectivity index (χ2v) is 8.17. The Bertz CT molecular complexity index is 606. The summed E-state index contributed by atoms with van der Waals surface area (Å²) in [6.07, 6.45) is 0. The highest BCUT2D eigenvalue weighted by atomic mass is 32.2. The second kappa shape index (κ2) is 5.33. The molecule has 0 aliphatic rings. The zero-order valence-corrected chi connectivity index (χ0v) is 13.7. The number of sulfonamides is 1. The average Bonchev–Trinajstić information content (AvgIpc) is 2.30. The summed E-state index contributed by atoms with van der Waals surface area (Å²) in [6, 6.07) is 2.13. The molecule has 0 saturated heterocycles. The summed E-state index contributed by atoms with van der Waals surface area (Å²) < 4.78 is 40.0. The Balaban J connectivity index is 3.34. The molecule has 0 spiro atoms. The first kappa shape index (κ1) is 16.9. The zero-order chi connectivity index (χ0) is 15.9. The molecule has 0 amide bonds. The van der Waals surface area contributed by atoms with E-state index in [1.807, 2.05) is 27.7 Å². The Morgan fingerprint density at radius 1 is 1.30 bits per heavy atom. The summed E-state index contributed by atoms with van der Waals surface area (Å²) in [5.41, 5.74) is 5.47. The quantitative estimate of drug-likeness (QED) is 0.873. The first-order valence-corrected chi connectivity index (χ1v) is 7.86. The van der Waals surface area contributed by atoms with Crippen LogP contribution in [0.4, 0.5) is 10.1 Å². The lowest BCUT2D eigenvalue weighted by Gasteiger charge is -2.34. The Labute approximate surface area is 120 Å². The summed E-state index contributed by atoms with van der Waals surface area (Å²) in [5.74, 6) is -0.604. The number of halogens is 1. The zero-order valence-electron chi connectivity index (χ0n) is 12.9. The van der Waals surface area contributed by atoms with Gasteiger partial charge in [0.2, 0.25) is 10.0 Å². The number of nitrogens with zero attached hydrogens (tertiary/aromatic N) is 1. The largest absolute Gasteiger partial charge is 0.396 e. The molecular weight excluding hydrogens is 279 g/mol. The van der Waals surface area contributed by atoms with Gasteiger partial charge in [0.05, 0.1) is 10.6 Å². The molecular formula is C14H23FN2O2S. The minimum Gasteiger partial charge on any atom is -0.396 e. The molecule has 0 bridgehead atoms. The van der Waals surface area contributed by atoms with Gasteiger partial charge in [0, 0.05) is 13.1 Å². The summed E-state index contributed by atoms with van der Waals surface area (Å²) in [5, 5.41) is 0. The van der Waals surface area contributed by atoms with E-state index >= 15 is 0 Å². The fourth-order valence-corrected chi connectivity index (χ4v) is 3.64. The van der Waals surface area contributed by atoms with Crippen LogP contribution in [0, 0.1) is 18.2 Å². The van der Waals surface area contributed by atoms with E-state index in [1.54, 1.807) is 6.92 Å². The van der Waals surface area contributed by atoms with E-state index in [0.29, 0.717) is 5.56 Å². The normalized spacial score (nSPS) is 14.6. The van der Waals surface area contributed by atoms with Crippen LogP contribution in [-0.4, -0.2) is 25.8 Å². The molecule has 1 unspecified atom stereocenters. The van der Waals surface area contributed by atoms with E-state index < -0.39 is 15.8 Å². The number of hydrogen-bond acceptors (Lipinski definition) is 3. The van der Waals surface area contributed by atoms with Crippen molar-refractivity contribution in [2.24, 2.45) is 5.41 Å². The molecule has 114 valence electrons. The Kier molecular flexibility index (Phi) is 4.51. The van der Waals surface area contributed by atoms with Gasteiger partial charge in [-0.15, -0.1) is 0 Å². The summed E-state index contributed by atoms with van der Waals surface area (Å²) in [7, 11) is -2.17. The van der Waals surface area contributed by atoms with Gasteiger partial charge in [0.25, 0.3) is 0 Å². The third-order valence-corrected chi connectivity index (χ3v) is 5.82. The second-order valence-electron chi connectivity index (χ2n) is 6.20. The molecule has 6 heteroatoms. The highest BCUT2D eigenvalue weighted by molar-refractivity contribution is 7.89. The third-order valence-electron chi connectivity index (χ3n) is 3.75. The van der Waals surface area contributed by atoms with Crippen LogP contribution in [-0.2, 0) is 10.0 Å². The van der Waals surface area contributed by atoms with E-state index in [4.69, 9.17) is 5.73 Å². The van der Waals surface area contributed by atoms with Crippen molar-refractivity contribution in [3.8, 4) is 0 Å². The van der Waals surface area contributed by atoms with E-state index in [0.717, 1.165) is 6.07 Å². The number of rotatable bonds is 3. The lowest BCUT2D eigenvalue weighted by atomic mass is 9.88. The summed E-state index contributed by atoms with van der Waals surface area (Å²) in [6.45, 7) is 9.31. The molecule has 0 aliphatic heterocycles. The molecule has 0 heterocycles. The molecule has 0 radical (unpaired) electrons. The van der Waals surface area contributed by atoms with Crippen LogP contribution in [0.25, 0.3) is 0 Å². The monoisotopic (exact) mass is 302 g/mol. The lowest BCUT2D eigenvalue weighted by Crippen LogP contribution is -2.43. The fraction of sp³-hybridized carbons (Fsp3) is 0.571. The van der Waals surface area contributed by atoms with Crippen LogP contribution in [0.3, 0.4) is 0 Å². The molecule has 0 aliphatic carbocycles. The number of benzene rings is 1. The molecule has 20 heavy (non-hydrogen) atoms. The fourth-order valence-electron chi connectivity index (χ4n) is 1.86. The van der Waals surface area contributed by atoms with Gasteiger partial charge in [-0.3, -0.25) is 0 Å². The maximum absolute atomic E-state index is 13.4. The number of hydrogen-bond donors (Lipinski definition) is 1. The standard InChI is InChI=1S/C14H23FN2O2S/c1-9-7-11(15)12(16)8-13(9)20(18,19)17(6)10(2)14(3,4)5/h7-8,10H,16H2,1-6H3. The van der Waals surface area contributed by atoms with Gasteiger partial charge in [0.15, 0.2) is 0 Å². The van der Waals surface area contributed by atoms with Crippen molar-refractivity contribution < 1.29 is 12.8 Å². The van der Waals surface area contributed by atoms with Crippen molar-refractivity contribution in [3.05, 3.63) is 23.5 Å². The SMILES string of the molecule is Cc1cc(F)c(N)cc1S(=O)(=O)N(C)C(C)C(C)(C)C. The van der Waals surface area contributed by atoms with Gasteiger partial charge in [-0.05, 0) is 37.0 Å². The average molecular weight is 302 g/mol.